The summed E-state index contributed by atoms with van der Waals surface area (Å²) in [6.07, 6.45) is 0.747. The third-order valence-electron chi connectivity index (χ3n) is 2.46. The van der Waals surface area contributed by atoms with Gasteiger partial charge in [-0.2, -0.15) is 5.26 Å². The molecule has 0 bridgehead atoms. The maximum absolute atomic E-state index is 9.15. The van der Waals surface area contributed by atoms with Gasteiger partial charge in [-0.15, -0.1) is 11.3 Å². The first-order valence-corrected chi connectivity index (χ1v) is 5.95. The SMILES string of the molecule is N#CC(Cc1ccc(N)cc1)c1cccs1. The summed E-state index contributed by atoms with van der Waals surface area (Å²) >= 11 is 1.63. The zero-order chi connectivity index (χ0) is 11.4. The van der Waals surface area contributed by atoms with E-state index in [9.17, 15) is 0 Å². The van der Waals surface area contributed by atoms with Gasteiger partial charge in [-0.05, 0) is 35.6 Å². The van der Waals surface area contributed by atoms with E-state index in [1.807, 2.05) is 41.8 Å². The second-order valence-electron chi connectivity index (χ2n) is 3.64. The van der Waals surface area contributed by atoms with E-state index in [4.69, 9.17) is 11.0 Å². The molecule has 3 heteroatoms. The van der Waals surface area contributed by atoms with Crippen LogP contribution in [0.25, 0.3) is 0 Å². The number of hydrogen-bond donors (Lipinski definition) is 1. The van der Waals surface area contributed by atoms with Gasteiger partial charge < -0.3 is 5.73 Å². The van der Waals surface area contributed by atoms with Gasteiger partial charge in [0.25, 0.3) is 0 Å². The van der Waals surface area contributed by atoms with Crippen molar-refractivity contribution in [2.24, 2.45) is 0 Å². The lowest BCUT2D eigenvalue weighted by Crippen LogP contribution is -1.98. The van der Waals surface area contributed by atoms with Crippen molar-refractivity contribution in [2.45, 2.75) is 12.3 Å². The van der Waals surface area contributed by atoms with Gasteiger partial charge in [-0.1, -0.05) is 18.2 Å². The van der Waals surface area contributed by atoms with Crippen LogP contribution in [0.5, 0.6) is 0 Å². The third-order valence-corrected chi connectivity index (χ3v) is 3.45. The summed E-state index contributed by atoms with van der Waals surface area (Å²) in [5.74, 6) is -0.0522. The first-order valence-electron chi connectivity index (χ1n) is 5.07. The summed E-state index contributed by atoms with van der Waals surface area (Å²) in [4.78, 5) is 1.12. The van der Waals surface area contributed by atoms with Crippen molar-refractivity contribution in [3.05, 3.63) is 52.2 Å². The Morgan fingerprint density at radius 1 is 1.25 bits per heavy atom. The Hall–Kier alpha value is -1.79. The Morgan fingerprint density at radius 3 is 2.56 bits per heavy atom. The molecule has 1 aromatic heterocycles. The molecule has 1 aromatic carbocycles. The summed E-state index contributed by atoms with van der Waals surface area (Å²) < 4.78 is 0. The van der Waals surface area contributed by atoms with Crippen LogP contribution in [0, 0.1) is 11.3 Å². The van der Waals surface area contributed by atoms with E-state index in [0.29, 0.717) is 0 Å². The molecule has 0 aliphatic heterocycles. The van der Waals surface area contributed by atoms with E-state index >= 15 is 0 Å². The second kappa shape index (κ2) is 4.82. The van der Waals surface area contributed by atoms with Gasteiger partial charge in [0.15, 0.2) is 0 Å². The lowest BCUT2D eigenvalue weighted by Gasteiger charge is -2.06. The van der Waals surface area contributed by atoms with E-state index in [-0.39, 0.29) is 5.92 Å². The minimum absolute atomic E-state index is 0.0522. The molecule has 0 spiro atoms. The van der Waals surface area contributed by atoms with Crippen LogP contribution >= 0.6 is 11.3 Å². The lowest BCUT2D eigenvalue weighted by atomic mass is 9.99. The highest BCUT2D eigenvalue weighted by atomic mass is 32.1. The van der Waals surface area contributed by atoms with E-state index < -0.39 is 0 Å². The minimum Gasteiger partial charge on any atom is -0.399 e. The van der Waals surface area contributed by atoms with Gasteiger partial charge in [0.1, 0.15) is 0 Å². The highest BCUT2D eigenvalue weighted by molar-refractivity contribution is 7.10. The van der Waals surface area contributed by atoms with E-state index in [1.165, 1.54) is 0 Å². The zero-order valence-corrected chi connectivity index (χ0v) is 9.58. The fourth-order valence-electron chi connectivity index (χ4n) is 1.59. The summed E-state index contributed by atoms with van der Waals surface area (Å²) in [5, 5.41) is 11.1. The fraction of sp³-hybridized carbons (Fsp3) is 0.154. The minimum atomic E-state index is -0.0522. The number of nitrogens with zero attached hydrogens (tertiary/aromatic N) is 1. The van der Waals surface area contributed by atoms with Crippen LogP contribution in [0.1, 0.15) is 16.4 Å². The largest absolute Gasteiger partial charge is 0.399 e. The quantitative estimate of drug-likeness (QED) is 0.820. The number of nitrogens with two attached hydrogens (primary N) is 1. The predicted octanol–water partition coefficient (Wildman–Crippen LogP) is 3.18. The number of anilines is 1. The van der Waals surface area contributed by atoms with E-state index in [1.54, 1.807) is 11.3 Å². The number of thiophene rings is 1. The van der Waals surface area contributed by atoms with Gasteiger partial charge >= 0.3 is 0 Å². The Balaban J connectivity index is 2.14. The molecule has 2 N–H and O–H groups in total. The molecule has 0 aliphatic rings. The van der Waals surface area contributed by atoms with E-state index in [2.05, 4.69) is 6.07 Å². The van der Waals surface area contributed by atoms with Crippen LogP contribution in [0.15, 0.2) is 41.8 Å². The monoisotopic (exact) mass is 228 g/mol. The van der Waals surface area contributed by atoms with Gasteiger partial charge in [0.2, 0.25) is 0 Å². The molecule has 0 radical (unpaired) electrons. The molecule has 1 heterocycles. The molecule has 2 aromatic rings. The smallest absolute Gasteiger partial charge is 0.0846 e. The number of hydrogen-bond acceptors (Lipinski definition) is 3. The molecule has 0 amide bonds. The van der Waals surface area contributed by atoms with Gasteiger partial charge in [-0.25, -0.2) is 0 Å². The summed E-state index contributed by atoms with van der Waals surface area (Å²) in [7, 11) is 0. The Labute approximate surface area is 99.0 Å². The summed E-state index contributed by atoms with van der Waals surface area (Å²) in [6, 6.07) is 14.0. The Morgan fingerprint density at radius 2 is 2.00 bits per heavy atom. The zero-order valence-electron chi connectivity index (χ0n) is 8.76. The first-order chi connectivity index (χ1) is 7.79. The summed E-state index contributed by atoms with van der Waals surface area (Å²) in [5.41, 5.74) is 7.53. The molecule has 16 heavy (non-hydrogen) atoms. The van der Waals surface area contributed by atoms with Crippen molar-refractivity contribution in [3.8, 4) is 6.07 Å². The van der Waals surface area contributed by atoms with Crippen LogP contribution in [0.4, 0.5) is 5.69 Å². The lowest BCUT2D eigenvalue weighted by molar-refractivity contribution is 0.867. The highest BCUT2D eigenvalue weighted by Gasteiger charge is 2.12. The van der Waals surface area contributed by atoms with Crippen LogP contribution in [0.3, 0.4) is 0 Å². The molecule has 2 nitrogen and oxygen atoms in total. The average molecular weight is 228 g/mol. The van der Waals surface area contributed by atoms with Crippen molar-refractivity contribution < 1.29 is 0 Å². The van der Waals surface area contributed by atoms with E-state index in [0.717, 1.165) is 22.5 Å². The van der Waals surface area contributed by atoms with Crippen molar-refractivity contribution in [3.63, 3.8) is 0 Å². The van der Waals surface area contributed by atoms with Crippen LogP contribution in [-0.2, 0) is 6.42 Å². The van der Waals surface area contributed by atoms with Crippen LogP contribution < -0.4 is 5.73 Å². The number of nitriles is 1. The molecule has 0 saturated carbocycles. The molecule has 0 aliphatic carbocycles. The molecule has 1 atom stereocenters. The Kier molecular flexibility index (Phi) is 3.23. The van der Waals surface area contributed by atoms with Crippen molar-refractivity contribution in [1.29, 1.82) is 5.26 Å². The van der Waals surface area contributed by atoms with Gasteiger partial charge in [0.05, 0.1) is 12.0 Å². The fourth-order valence-corrected chi connectivity index (χ4v) is 2.36. The van der Waals surface area contributed by atoms with Gasteiger partial charge in [0, 0.05) is 10.6 Å². The molecule has 80 valence electrons. The molecule has 0 fully saturated rings. The normalized spacial score (nSPS) is 11.9. The number of rotatable bonds is 3. The number of benzene rings is 1. The molecular formula is C13H12N2S. The number of nitrogen functional groups attached to an aromatic ring is 1. The molecule has 2 rings (SSSR count). The standard InChI is InChI=1S/C13H12N2S/c14-9-11(13-2-1-7-16-13)8-10-3-5-12(15)6-4-10/h1-7,11H,8,15H2. The average Bonchev–Trinajstić information content (AvgIpc) is 2.82. The predicted molar refractivity (Wildman–Crippen MR) is 67.2 cm³/mol. The molecule has 1 unspecified atom stereocenters. The maximum Gasteiger partial charge on any atom is 0.0846 e. The topological polar surface area (TPSA) is 49.8 Å². The summed E-state index contributed by atoms with van der Waals surface area (Å²) in [6.45, 7) is 0. The van der Waals surface area contributed by atoms with Gasteiger partial charge in [-0.3, -0.25) is 0 Å². The molecular weight excluding hydrogens is 216 g/mol. The van der Waals surface area contributed by atoms with Crippen molar-refractivity contribution in [2.75, 3.05) is 5.73 Å². The first kappa shape index (κ1) is 10.7. The van der Waals surface area contributed by atoms with Crippen LogP contribution in [0.2, 0.25) is 0 Å². The van der Waals surface area contributed by atoms with Crippen molar-refractivity contribution >= 4 is 17.0 Å². The maximum atomic E-state index is 9.15. The third kappa shape index (κ3) is 2.41. The molecule has 0 saturated heterocycles. The van der Waals surface area contributed by atoms with Crippen LogP contribution in [-0.4, -0.2) is 0 Å². The van der Waals surface area contributed by atoms with Crippen molar-refractivity contribution in [1.82, 2.24) is 0 Å². The highest BCUT2D eigenvalue weighted by Crippen LogP contribution is 2.24. The second-order valence-corrected chi connectivity index (χ2v) is 4.62. The Bertz CT molecular complexity index is 480.